The predicted molar refractivity (Wildman–Crippen MR) is 73.7 cm³/mol. The van der Waals surface area contributed by atoms with Gasteiger partial charge in [0.15, 0.2) is 0 Å². The quantitative estimate of drug-likeness (QED) is 0.755. The van der Waals surface area contributed by atoms with Crippen molar-refractivity contribution in [3.8, 4) is 0 Å². The van der Waals surface area contributed by atoms with Crippen LogP contribution in [0.25, 0.3) is 0 Å². The third-order valence-corrected chi connectivity index (χ3v) is 3.12. The van der Waals surface area contributed by atoms with Crippen LogP contribution in [0.2, 0.25) is 0 Å². The number of rotatable bonds is 7. The Morgan fingerprint density at radius 3 is 2.61 bits per heavy atom. The molecule has 3 nitrogen and oxygen atoms in total. The van der Waals surface area contributed by atoms with Crippen LogP contribution in [-0.2, 0) is 11.3 Å². The van der Waals surface area contributed by atoms with Gasteiger partial charge in [-0.25, -0.2) is 0 Å². The maximum atomic E-state index is 10.4. The number of benzene rings is 1. The highest BCUT2D eigenvalue weighted by Gasteiger charge is 2.04. The lowest BCUT2D eigenvalue weighted by molar-refractivity contribution is -0.137. The minimum Gasteiger partial charge on any atom is -0.481 e. The molecule has 3 heteroatoms. The third-order valence-electron chi connectivity index (χ3n) is 3.12. The summed E-state index contributed by atoms with van der Waals surface area (Å²) in [5.74, 6) is -0.702. The molecule has 0 atom stereocenters. The Morgan fingerprint density at radius 2 is 2.00 bits per heavy atom. The summed E-state index contributed by atoms with van der Waals surface area (Å²) in [6, 6.07) is 6.52. The smallest absolute Gasteiger partial charge is 0.303 e. The minimum atomic E-state index is -0.702. The van der Waals surface area contributed by atoms with E-state index in [0.29, 0.717) is 0 Å². The van der Waals surface area contributed by atoms with Crippen LogP contribution in [0.15, 0.2) is 18.2 Å². The molecule has 0 aliphatic rings. The van der Waals surface area contributed by atoms with E-state index in [2.05, 4.69) is 44.0 Å². The van der Waals surface area contributed by atoms with Crippen LogP contribution >= 0.6 is 0 Å². The van der Waals surface area contributed by atoms with Gasteiger partial charge in [0.2, 0.25) is 0 Å². The summed E-state index contributed by atoms with van der Waals surface area (Å²) in [5.41, 5.74) is 3.97. The van der Waals surface area contributed by atoms with E-state index in [0.717, 1.165) is 25.9 Å². The molecule has 1 aromatic rings. The van der Waals surface area contributed by atoms with Crippen LogP contribution in [0.1, 0.15) is 36.0 Å². The van der Waals surface area contributed by atoms with Crippen LogP contribution in [0.4, 0.5) is 0 Å². The van der Waals surface area contributed by atoms with Gasteiger partial charge in [-0.15, -0.1) is 0 Å². The van der Waals surface area contributed by atoms with Crippen molar-refractivity contribution in [2.45, 2.75) is 39.7 Å². The highest BCUT2D eigenvalue weighted by atomic mass is 16.4. The average Bonchev–Trinajstić information content (AvgIpc) is 2.28. The van der Waals surface area contributed by atoms with E-state index in [1.165, 1.54) is 16.7 Å². The molecule has 0 aliphatic heterocycles. The van der Waals surface area contributed by atoms with Gasteiger partial charge in [-0.1, -0.05) is 23.8 Å². The Kier molecular flexibility index (Phi) is 5.86. The molecular weight excluding hydrogens is 226 g/mol. The van der Waals surface area contributed by atoms with Crippen LogP contribution in [-0.4, -0.2) is 29.6 Å². The van der Waals surface area contributed by atoms with Gasteiger partial charge < -0.3 is 10.0 Å². The van der Waals surface area contributed by atoms with E-state index in [4.69, 9.17) is 5.11 Å². The highest BCUT2D eigenvalue weighted by Crippen LogP contribution is 2.12. The van der Waals surface area contributed by atoms with E-state index >= 15 is 0 Å². The standard InChI is InChI=1S/C15H23NO2/c1-12-7-8-14(13(2)10-12)11-16(3)9-5-4-6-15(17)18/h7-8,10H,4-6,9,11H2,1-3H3,(H,17,18). The Bertz CT molecular complexity index is 401. The molecule has 0 fully saturated rings. The molecule has 1 rings (SSSR count). The van der Waals surface area contributed by atoms with Crippen molar-refractivity contribution in [2.24, 2.45) is 0 Å². The summed E-state index contributed by atoms with van der Waals surface area (Å²) in [4.78, 5) is 12.6. The van der Waals surface area contributed by atoms with Gasteiger partial charge in [0.1, 0.15) is 0 Å². The van der Waals surface area contributed by atoms with Gasteiger partial charge in [0.25, 0.3) is 0 Å². The molecule has 1 aromatic carbocycles. The fraction of sp³-hybridized carbons (Fsp3) is 0.533. The minimum absolute atomic E-state index is 0.275. The second kappa shape index (κ2) is 7.17. The number of carbonyl (C=O) groups is 1. The number of carboxylic acid groups (broad SMARTS) is 1. The van der Waals surface area contributed by atoms with E-state index in [9.17, 15) is 4.79 Å². The van der Waals surface area contributed by atoms with Crippen molar-refractivity contribution in [1.82, 2.24) is 4.90 Å². The second-order valence-electron chi connectivity index (χ2n) is 5.02. The topological polar surface area (TPSA) is 40.5 Å². The van der Waals surface area contributed by atoms with Crippen molar-refractivity contribution in [1.29, 1.82) is 0 Å². The zero-order valence-electron chi connectivity index (χ0n) is 11.6. The monoisotopic (exact) mass is 249 g/mol. The summed E-state index contributed by atoms with van der Waals surface area (Å²) < 4.78 is 0. The first kappa shape index (κ1) is 14.7. The van der Waals surface area contributed by atoms with E-state index < -0.39 is 5.97 Å². The molecule has 0 spiro atoms. The summed E-state index contributed by atoms with van der Waals surface area (Å²) in [5, 5.41) is 8.56. The lowest BCUT2D eigenvalue weighted by atomic mass is 10.1. The SMILES string of the molecule is Cc1ccc(CN(C)CCCCC(=O)O)c(C)c1. The first-order valence-electron chi connectivity index (χ1n) is 6.45. The maximum Gasteiger partial charge on any atom is 0.303 e. The Labute approximate surface area is 109 Å². The number of hydrogen-bond donors (Lipinski definition) is 1. The lowest BCUT2D eigenvalue weighted by Crippen LogP contribution is -2.19. The number of hydrogen-bond acceptors (Lipinski definition) is 2. The first-order valence-corrected chi connectivity index (χ1v) is 6.45. The molecule has 100 valence electrons. The number of aryl methyl sites for hydroxylation is 2. The van der Waals surface area contributed by atoms with Gasteiger partial charge >= 0.3 is 5.97 Å². The van der Waals surface area contributed by atoms with Gasteiger partial charge in [-0.05, 0) is 51.4 Å². The van der Waals surface area contributed by atoms with E-state index in [-0.39, 0.29) is 6.42 Å². The number of aliphatic carboxylic acids is 1. The predicted octanol–water partition coefficient (Wildman–Crippen LogP) is 2.99. The van der Waals surface area contributed by atoms with E-state index in [1.54, 1.807) is 0 Å². The molecule has 0 bridgehead atoms. The zero-order valence-corrected chi connectivity index (χ0v) is 11.6. The lowest BCUT2D eigenvalue weighted by Gasteiger charge is -2.18. The summed E-state index contributed by atoms with van der Waals surface area (Å²) >= 11 is 0. The van der Waals surface area contributed by atoms with Crippen LogP contribution in [0.5, 0.6) is 0 Å². The molecule has 0 unspecified atom stereocenters. The molecule has 18 heavy (non-hydrogen) atoms. The normalized spacial score (nSPS) is 10.9. The summed E-state index contributed by atoms with van der Waals surface area (Å²) in [7, 11) is 2.08. The van der Waals surface area contributed by atoms with Crippen LogP contribution in [0, 0.1) is 13.8 Å². The van der Waals surface area contributed by atoms with E-state index in [1.807, 2.05) is 0 Å². The molecule has 0 heterocycles. The average molecular weight is 249 g/mol. The molecular formula is C15H23NO2. The fourth-order valence-electron chi connectivity index (χ4n) is 2.05. The van der Waals surface area contributed by atoms with Gasteiger partial charge in [0.05, 0.1) is 0 Å². The molecule has 0 aromatic heterocycles. The van der Waals surface area contributed by atoms with Crippen molar-refractivity contribution < 1.29 is 9.90 Å². The third kappa shape index (κ3) is 5.32. The summed E-state index contributed by atoms with van der Waals surface area (Å²) in [6.07, 6.45) is 1.97. The molecule has 0 amide bonds. The molecule has 0 saturated carbocycles. The molecule has 0 radical (unpaired) electrons. The van der Waals surface area contributed by atoms with Gasteiger partial charge in [-0.3, -0.25) is 4.79 Å². The van der Waals surface area contributed by atoms with Crippen LogP contribution < -0.4 is 0 Å². The number of carboxylic acids is 1. The van der Waals surface area contributed by atoms with Crippen LogP contribution in [0.3, 0.4) is 0 Å². The highest BCUT2D eigenvalue weighted by molar-refractivity contribution is 5.66. The van der Waals surface area contributed by atoms with Crippen molar-refractivity contribution in [3.63, 3.8) is 0 Å². The van der Waals surface area contributed by atoms with Gasteiger partial charge in [0, 0.05) is 13.0 Å². The maximum absolute atomic E-state index is 10.4. The molecule has 0 saturated heterocycles. The van der Waals surface area contributed by atoms with Gasteiger partial charge in [-0.2, -0.15) is 0 Å². The number of nitrogens with zero attached hydrogens (tertiary/aromatic N) is 1. The van der Waals surface area contributed by atoms with Crippen molar-refractivity contribution >= 4 is 5.97 Å². The number of unbranched alkanes of at least 4 members (excludes halogenated alkanes) is 1. The Morgan fingerprint density at radius 1 is 1.28 bits per heavy atom. The Hall–Kier alpha value is -1.35. The first-order chi connectivity index (χ1) is 8.49. The molecule has 1 N–H and O–H groups in total. The zero-order chi connectivity index (χ0) is 13.5. The fourth-order valence-corrected chi connectivity index (χ4v) is 2.05. The Balaban J connectivity index is 2.35. The molecule has 0 aliphatic carbocycles. The second-order valence-corrected chi connectivity index (χ2v) is 5.02. The van der Waals surface area contributed by atoms with Crippen molar-refractivity contribution in [3.05, 3.63) is 34.9 Å². The summed E-state index contributed by atoms with van der Waals surface area (Å²) in [6.45, 7) is 6.12. The largest absolute Gasteiger partial charge is 0.481 e. The van der Waals surface area contributed by atoms with Crippen molar-refractivity contribution in [2.75, 3.05) is 13.6 Å².